The first-order valence-corrected chi connectivity index (χ1v) is 11.1. The summed E-state index contributed by atoms with van der Waals surface area (Å²) in [5.41, 5.74) is 2.00. The molecule has 0 radical (unpaired) electrons. The highest BCUT2D eigenvalue weighted by atomic mass is 32.2. The molecule has 0 spiro atoms. The highest BCUT2D eigenvalue weighted by Gasteiger charge is 2.36. The van der Waals surface area contributed by atoms with Crippen molar-refractivity contribution in [2.24, 2.45) is 0 Å². The van der Waals surface area contributed by atoms with Crippen LogP contribution >= 0.6 is 11.8 Å². The lowest BCUT2D eigenvalue weighted by Gasteiger charge is -2.29. The van der Waals surface area contributed by atoms with Crippen molar-refractivity contribution < 1.29 is 28.2 Å². The molecule has 1 N–H and O–H groups in total. The van der Waals surface area contributed by atoms with E-state index in [4.69, 9.17) is 9.47 Å². The van der Waals surface area contributed by atoms with Crippen molar-refractivity contribution in [2.45, 2.75) is 0 Å². The van der Waals surface area contributed by atoms with E-state index in [1.165, 1.54) is 24.3 Å². The first-order valence-electron chi connectivity index (χ1n) is 10.3. The third-order valence-electron chi connectivity index (χ3n) is 5.18. The van der Waals surface area contributed by atoms with E-state index >= 15 is 0 Å². The standard InChI is InChI=1S/C23H22FN3O5S/c1-31-19-13-18(26-8-10-32-11-9-26)7-2-15(19)12-20-22(29)27(23(30)33-20)14-21(28)25-17-5-3-16(24)4-6-17/h2-7,12-13H,8-11,14H2,1H3,(H,25,28)/b20-12-. The molecule has 33 heavy (non-hydrogen) atoms. The SMILES string of the molecule is COc1cc(N2CCOCC2)ccc1/C=C1\SC(=O)N(CC(=O)Nc2ccc(F)cc2)C1=O. The lowest BCUT2D eigenvalue weighted by molar-refractivity contribution is -0.127. The predicted octanol–water partition coefficient (Wildman–Crippen LogP) is 3.35. The highest BCUT2D eigenvalue weighted by molar-refractivity contribution is 8.18. The molecule has 2 aromatic rings. The number of nitrogens with zero attached hydrogens (tertiary/aromatic N) is 2. The average Bonchev–Trinajstić information content (AvgIpc) is 3.08. The van der Waals surface area contributed by atoms with Crippen LogP contribution in [0.3, 0.4) is 0 Å². The summed E-state index contributed by atoms with van der Waals surface area (Å²) in [7, 11) is 1.54. The second kappa shape index (κ2) is 10.1. The Morgan fingerprint density at radius 3 is 2.61 bits per heavy atom. The Hall–Kier alpha value is -3.37. The largest absolute Gasteiger partial charge is 0.496 e. The first kappa shape index (κ1) is 22.8. The summed E-state index contributed by atoms with van der Waals surface area (Å²) < 4.78 is 23.9. The molecule has 0 aliphatic carbocycles. The first-order chi connectivity index (χ1) is 15.9. The van der Waals surface area contributed by atoms with Crippen LogP contribution in [0.25, 0.3) is 6.08 Å². The molecule has 10 heteroatoms. The Labute approximate surface area is 194 Å². The number of hydrogen-bond acceptors (Lipinski definition) is 7. The summed E-state index contributed by atoms with van der Waals surface area (Å²) >= 11 is 0.765. The van der Waals surface area contributed by atoms with Crippen molar-refractivity contribution in [3.8, 4) is 5.75 Å². The Morgan fingerprint density at radius 2 is 1.91 bits per heavy atom. The molecular formula is C23H22FN3O5S. The van der Waals surface area contributed by atoms with Gasteiger partial charge in [0.15, 0.2) is 0 Å². The number of rotatable bonds is 6. The van der Waals surface area contributed by atoms with E-state index in [1.54, 1.807) is 13.2 Å². The van der Waals surface area contributed by atoms with Crippen LogP contribution in [0.5, 0.6) is 5.75 Å². The zero-order valence-electron chi connectivity index (χ0n) is 17.9. The lowest BCUT2D eigenvalue weighted by atomic mass is 10.1. The van der Waals surface area contributed by atoms with Crippen molar-refractivity contribution >= 4 is 46.3 Å². The molecule has 2 heterocycles. The number of nitrogens with one attached hydrogen (secondary N) is 1. The Kier molecular flexibility index (Phi) is 6.95. The molecule has 2 aromatic carbocycles. The molecule has 0 atom stereocenters. The summed E-state index contributed by atoms with van der Waals surface area (Å²) in [5, 5.41) is 2.01. The van der Waals surface area contributed by atoms with Crippen molar-refractivity contribution in [3.05, 3.63) is 58.8 Å². The van der Waals surface area contributed by atoms with Gasteiger partial charge in [-0.1, -0.05) is 0 Å². The molecule has 2 saturated heterocycles. The van der Waals surface area contributed by atoms with Gasteiger partial charge >= 0.3 is 0 Å². The average molecular weight is 472 g/mol. The molecule has 8 nitrogen and oxygen atoms in total. The number of morpholine rings is 1. The van der Waals surface area contributed by atoms with Gasteiger partial charge in [0.25, 0.3) is 11.1 Å². The van der Waals surface area contributed by atoms with E-state index in [0.29, 0.717) is 30.2 Å². The van der Waals surface area contributed by atoms with Gasteiger partial charge < -0.3 is 19.7 Å². The Balaban J connectivity index is 1.46. The number of benzene rings is 2. The lowest BCUT2D eigenvalue weighted by Crippen LogP contribution is -2.36. The number of methoxy groups -OCH3 is 1. The summed E-state index contributed by atoms with van der Waals surface area (Å²) in [6.45, 7) is 2.44. The van der Waals surface area contributed by atoms with Crippen LogP contribution < -0.4 is 15.0 Å². The molecule has 2 aliphatic rings. The van der Waals surface area contributed by atoms with E-state index in [-0.39, 0.29) is 4.91 Å². The van der Waals surface area contributed by atoms with Crippen LogP contribution in [0.15, 0.2) is 47.4 Å². The maximum Gasteiger partial charge on any atom is 0.294 e. The maximum atomic E-state index is 13.0. The van der Waals surface area contributed by atoms with E-state index in [9.17, 15) is 18.8 Å². The fourth-order valence-corrected chi connectivity index (χ4v) is 4.32. The number of carbonyl (C=O) groups is 3. The molecule has 0 saturated carbocycles. The van der Waals surface area contributed by atoms with Crippen molar-refractivity contribution in [3.63, 3.8) is 0 Å². The van der Waals surface area contributed by atoms with Crippen molar-refractivity contribution in [2.75, 3.05) is 50.2 Å². The normalized spacial score (nSPS) is 17.6. The van der Waals surface area contributed by atoms with Gasteiger partial charge in [0.2, 0.25) is 5.91 Å². The molecule has 2 aliphatic heterocycles. The van der Waals surface area contributed by atoms with Gasteiger partial charge in [-0.2, -0.15) is 0 Å². The molecule has 172 valence electrons. The summed E-state index contributed by atoms with van der Waals surface area (Å²) in [6, 6.07) is 10.9. The number of ether oxygens (including phenoxy) is 2. The Morgan fingerprint density at radius 1 is 1.18 bits per heavy atom. The van der Waals surface area contributed by atoms with Crippen LogP contribution in [-0.2, 0) is 14.3 Å². The van der Waals surface area contributed by atoms with E-state index < -0.39 is 29.4 Å². The maximum absolute atomic E-state index is 13.0. The van der Waals surface area contributed by atoms with Crippen LogP contribution in [0.4, 0.5) is 20.6 Å². The van der Waals surface area contributed by atoms with Gasteiger partial charge in [-0.3, -0.25) is 19.3 Å². The monoisotopic (exact) mass is 471 g/mol. The second-order valence-corrected chi connectivity index (χ2v) is 8.34. The Bertz CT molecular complexity index is 1100. The second-order valence-electron chi connectivity index (χ2n) is 7.35. The smallest absolute Gasteiger partial charge is 0.294 e. The van der Waals surface area contributed by atoms with Gasteiger partial charge in [-0.15, -0.1) is 0 Å². The van der Waals surface area contributed by atoms with Crippen LogP contribution in [0.1, 0.15) is 5.56 Å². The van der Waals surface area contributed by atoms with E-state index in [1.807, 2.05) is 18.2 Å². The fourth-order valence-electron chi connectivity index (χ4n) is 3.49. The molecule has 3 amide bonds. The van der Waals surface area contributed by atoms with Gasteiger partial charge in [-0.05, 0) is 54.2 Å². The molecule has 0 unspecified atom stereocenters. The summed E-state index contributed by atoms with van der Waals surface area (Å²) in [5.74, 6) is -0.978. The van der Waals surface area contributed by atoms with Gasteiger partial charge in [0.05, 0.1) is 25.2 Å². The topological polar surface area (TPSA) is 88.2 Å². The van der Waals surface area contributed by atoms with Gasteiger partial charge in [-0.25, -0.2) is 4.39 Å². The number of anilines is 2. The number of halogens is 1. The highest BCUT2D eigenvalue weighted by Crippen LogP contribution is 2.35. The summed E-state index contributed by atoms with van der Waals surface area (Å²) in [4.78, 5) is 40.7. The number of amides is 3. The zero-order valence-corrected chi connectivity index (χ0v) is 18.7. The number of hydrogen-bond donors (Lipinski definition) is 1. The number of thioether (sulfide) groups is 1. The van der Waals surface area contributed by atoms with Crippen molar-refractivity contribution in [1.29, 1.82) is 0 Å². The van der Waals surface area contributed by atoms with Gasteiger partial charge in [0.1, 0.15) is 18.1 Å². The molecule has 0 aromatic heterocycles. The minimum atomic E-state index is -0.558. The number of imide groups is 1. The molecule has 2 fully saturated rings. The van der Waals surface area contributed by atoms with Crippen LogP contribution in [0, 0.1) is 5.82 Å². The molecule has 4 rings (SSSR count). The number of carbonyl (C=O) groups excluding carboxylic acids is 3. The van der Waals surface area contributed by atoms with Crippen LogP contribution in [-0.4, -0.2) is 61.9 Å². The third-order valence-corrected chi connectivity index (χ3v) is 6.09. The molecule has 0 bridgehead atoms. The van der Waals surface area contributed by atoms with E-state index in [2.05, 4.69) is 10.2 Å². The summed E-state index contributed by atoms with van der Waals surface area (Å²) in [6.07, 6.45) is 1.59. The minimum absolute atomic E-state index is 0.201. The predicted molar refractivity (Wildman–Crippen MR) is 124 cm³/mol. The third kappa shape index (κ3) is 5.35. The van der Waals surface area contributed by atoms with E-state index in [0.717, 1.165) is 35.4 Å². The zero-order chi connectivity index (χ0) is 23.4. The minimum Gasteiger partial charge on any atom is -0.496 e. The fraction of sp³-hybridized carbons (Fsp3) is 0.261. The van der Waals surface area contributed by atoms with Gasteiger partial charge in [0, 0.05) is 36.1 Å². The quantitative estimate of drug-likeness (QED) is 0.647. The van der Waals surface area contributed by atoms with Crippen LogP contribution in [0.2, 0.25) is 0 Å². The van der Waals surface area contributed by atoms with Crippen molar-refractivity contribution in [1.82, 2.24) is 4.90 Å². The molecular weight excluding hydrogens is 449 g/mol.